The van der Waals surface area contributed by atoms with Crippen LogP contribution in [-0.4, -0.2) is 30.1 Å². The molecule has 6 nitrogen and oxygen atoms in total. The number of nitrogens with zero attached hydrogens (tertiary/aromatic N) is 2. The number of hydrogen-bond donors (Lipinski definition) is 1. The molecular weight excluding hydrogens is 410 g/mol. The summed E-state index contributed by atoms with van der Waals surface area (Å²) in [5.74, 6) is 1.80. The molecule has 1 fully saturated rings. The molecule has 0 aliphatic carbocycles. The van der Waals surface area contributed by atoms with Crippen molar-refractivity contribution in [3.8, 4) is 5.75 Å². The summed E-state index contributed by atoms with van der Waals surface area (Å²) in [5.41, 5.74) is 4.00. The van der Waals surface area contributed by atoms with Gasteiger partial charge in [0.2, 0.25) is 0 Å². The first-order valence-corrected chi connectivity index (χ1v) is 10.1. The molecule has 140 valence electrons. The smallest absolute Gasteiger partial charge is 0.253 e. The summed E-state index contributed by atoms with van der Waals surface area (Å²) < 4.78 is 12.6. The maximum absolute atomic E-state index is 11.8. The van der Waals surface area contributed by atoms with Crippen LogP contribution < -0.4 is 15.0 Å². The summed E-state index contributed by atoms with van der Waals surface area (Å²) in [7, 11) is 0. The Morgan fingerprint density at radius 1 is 1.19 bits per heavy atom. The third kappa shape index (κ3) is 3.19. The van der Waals surface area contributed by atoms with Crippen LogP contribution in [0.15, 0.2) is 28.7 Å². The maximum atomic E-state index is 11.8. The number of hydrogen-bond acceptors (Lipinski definition) is 5. The van der Waals surface area contributed by atoms with Gasteiger partial charge >= 0.3 is 0 Å². The predicted octanol–water partition coefficient (Wildman–Crippen LogP) is 3.17. The molecule has 0 bridgehead atoms. The van der Waals surface area contributed by atoms with Gasteiger partial charge in [0.25, 0.3) is 5.91 Å². The van der Waals surface area contributed by atoms with Crippen molar-refractivity contribution in [2.24, 2.45) is 0 Å². The van der Waals surface area contributed by atoms with E-state index in [-0.39, 0.29) is 12.0 Å². The van der Waals surface area contributed by atoms with E-state index in [2.05, 4.69) is 38.3 Å². The summed E-state index contributed by atoms with van der Waals surface area (Å²) >= 11 is 3.58. The highest BCUT2D eigenvalue weighted by Crippen LogP contribution is 2.32. The maximum Gasteiger partial charge on any atom is 0.253 e. The van der Waals surface area contributed by atoms with Gasteiger partial charge in [-0.2, -0.15) is 0 Å². The lowest BCUT2D eigenvalue weighted by Gasteiger charge is -2.33. The SMILES string of the molecule is O=C1NCc2nc(N3CCC(Oc4ccc5c(c4)COC5)CC3)c(Br)cc21. The number of benzene rings is 1. The number of amides is 1. The molecule has 0 atom stereocenters. The first-order chi connectivity index (χ1) is 13.2. The molecule has 0 saturated carbocycles. The van der Waals surface area contributed by atoms with Crippen molar-refractivity contribution in [1.82, 2.24) is 10.3 Å². The Morgan fingerprint density at radius 2 is 2.00 bits per heavy atom. The molecule has 3 aliphatic heterocycles. The number of nitrogens with one attached hydrogen (secondary N) is 1. The minimum atomic E-state index is -0.0448. The van der Waals surface area contributed by atoms with Crippen molar-refractivity contribution in [3.05, 3.63) is 51.1 Å². The second-order valence-corrected chi connectivity index (χ2v) is 8.05. The molecule has 0 spiro atoms. The Hall–Kier alpha value is -2.12. The van der Waals surface area contributed by atoms with Crippen molar-refractivity contribution < 1.29 is 14.3 Å². The van der Waals surface area contributed by atoms with E-state index in [1.165, 1.54) is 11.1 Å². The molecule has 5 rings (SSSR count). The van der Waals surface area contributed by atoms with Crippen LogP contribution in [0.1, 0.15) is 40.0 Å². The number of ether oxygens (including phenoxy) is 2. The molecule has 1 aromatic heterocycles. The number of fused-ring (bicyclic) bond motifs is 2. The molecule has 1 aromatic carbocycles. The number of halogens is 1. The van der Waals surface area contributed by atoms with Gasteiger partial charge in [-0.1, -0.05) is 6.07 Å². The van der Waals surface area contributed by atoms with Crippen LogP contribution in [0, 0.1) is 0 Å². The fraction of sp³-hybridized carbons (Fsp3) is 0.400. The van der Waals surface area contributed by atoms with E-state index in [0.717, 1.165) is 47.7 Å². The second-order valence-electron chi connectivity index (χ2n) is 7.20. The lowest BCUT2D eigenvalue weighted by molar-refractivity contribution is 0.0965. The monoisotopic (exact) mass is 429 g/mol. The van der Waals surface area contributed by atoms with Crippen LogP contribution in [0.2, 0.25) is 0 Å². The highest BCUT2D eigenvalue weighted by molar-refractivity contribution is 9.10. The quantitative estimate of drug-likeness (QED) is 0.811. The third-order valence-corrected chi connectivity index (χ3v) is 6.02. The van der Waals surface area contributed by atoms with Crippen LogP contribution in [0.25, 0.3) is 0 Å². The van der Waals surface area contributed by atoms with Gasteiger partial charge < -0.3 is 19.7 Å². The topological polar surface area (TPSA) is 63.7 Å². The summed E-state index contributed by atoms with van der Waals surface area (Å²) in [4.78, 5) is 18.8. The molecule has 0 radical (unpaired) electrons. The summed E-state index contributed by atoms with van der Waals surface area (Å²) in [5, 5.41) is 2.82. The van der Waals surface area contributed by atoms with E-state index < -0.39 is 0 Å². The normalized spacial score (nSPS) is 19.0. The minimum absolute atomic E-state index is 0.0448. The van der Waals surface area contributed by atoms with Crippen molar-refractivity contribution >= 4 is 27.7 Å². The van der Waals surface area contributed by atoms with Crippen molar-refractivity contribution in [2.75, 3.05) is 18.0 Å². The Balaban J connectivity index is 1.25. The van der Waals surface area contributed by atoms with Gasteiger partial charge in [0, 0.05) is 25.9 Å². The largest absolute Gasteiger partial charge is 0.490 e. The molecule has 1 amide bonds. The van der Waals surface area contributed by atoms with Gasteiger partial charge in [-0.05, 0) is 45.3 Å². The van der Waals surface area contributed by atoms with E-state index in [9.17, 15) is 4.79 Å². The molecular formula is C20H20BrN3O3. The number of rotatable bonds is 3. The first kappa shape index (κ1) is 17.0. The second kappa shape index (κ2) is 6.80. The van der Waals surface area contributed by atoms with Gasteiger partial charge in [-0.15, -0.1) is 0 Å². The number of piperidine rings is 1. The van der Waals surface area contributed by atoms with Crippen molar-refractivity contribution in [1.29, 1.82) is 0 Å². The lowest BCUT2D eigenvalue weighted by atomic mass is 10.1. The van der Waals surface area contributed by atoms with Gasteiger partial charge in [0.1, 0.15) is 17.7 Å². The molecule has 1 saturated heterocycles. The third-order valence-electron chi connectivity index (χ3n) is 5.43. The minimum Gasteiger partial charge on any atom is -0.490 e. The highest BCUT2D eigenvalue weighted by atomic mass is 79.9. The van der Waals surface area contributed by atoms with Gasteiger partial charge in [-0.25, -0.2) is 4.98 Å². The number of carbonyl (C=O) groups excluding carboxylic acids is 1. The van der Waals surface area contributed by atoms with Crippen LogP contribution in [0.3, 0.4) is 0 Å². The van der Waals surface area contributed by atoms with Crippen LogP contribution >= 0.6 is 15.9 Å². The lowest BCUT2D eigenvalue weighted by Crippen LogP contribution is -2.39. The zero-order valence-electron chi connectivity index (χ0n) is 14.8. The zero-order valence-corrected chi connectivity index (χ0v) is 16.4. The number of aromatic nitrogens is 1. The molecule has 3 aliphatic rings. The predicted molar refractivity (Wildman–Crippen MR) is 104 cm³/mol. The standard InChI is InChI=1S/C20H20BrN3O3/c21-17-8-16-18(9-22-20(16)25)23-19(17)24-5-3-14(4-6-24)27-15-2-1-12-10-26-11-13(12)7-15/h1-2,7-8,14H,3-6,9-11H2,(H,22,25). The average molecular weight is 430 g/mol. The van der Waals surface area contributed by atoms with E-state index >= 15 is 0 Å². The fourth-order valence-corrected chi connectivity index (χ4v) is 4.50. The Morgan fingerprint density at radius 3 is 2.85 bits per heavy atom. The van der Waals surface area contributed by atoms with Crippen LogP contribution in [0.4, 0.5) is 5.82 Å². The van der Waals surface area contributed by atoms with Gasteiger partial charge in [0.15, 0.2) is 0 Å². The Bertz CT molecular complexity index is 910. The van der Waals surface area contributed by atoms with Crippen LogP contribution in [0.5, 0.6) is 5.75 Å². The summed E-state index contributed by atoms with van der Waals surface area (Å²) in [6.07, 6.45) is 2.09. The average Bonchev–Trinajstić information content (AvgIpc) is 3.28. The van der Waals surface area contributed by atoms with Crippen molar-refractivity contribution in [2.45, 2.75) is 38.7 Å². The summed E-state index contributed by atoms with van der Waals surface area (Å²) in [6.45, 7) is 3.66. The molecule has 27 heavy (non-hydrogen) atoms. The fourth-order valence-electron chi connectivity index (χ4n) is 3.93. The van der Waals surface area contributed by atoms with Crippen LogP contribution in [-0.2, 0) is 24.5 Å². The molecule has 1 N–H and O–H groups in total. The molecule has 0 unspecified atom stereocenters. The van der Waals surface area contributed by atoms with Crippen molar-refractivity contribution in [3.63, 3.8) is 0 Å². The van der Waals surface area contributed by atoms with E-state index in [0.29, 0.717) is 25.3 Å². The molecule has 7 heteroatoms. The van der Waals surface area contributed by atoms with E-state index in [1.54, 1.807) is 0 Å². The molecule has 2 aromatic rings. The summed E-state index contributed by atoms with van der Waals surface area (Å²) in [6, 6.07) is 8.14. The highest BCUT2D eigenvalue weighted by Gasteiger charge is 2.27. The number of pyridine rings is 1. The number of carbonyl (C=O) groups is 1. The Labute approximate surface area is 166 Å². The Kier molecular flexibility index (Phi) is 4.28. The van der Waals surface area contributed by atoms with E-state index in [1.807, 2.05) is 12.1 Å². The zero-order chi connectivity index (χ0) is 18.4. The van der Waals surface area contributed by atoms with E-state index in [4.69, 9.17) is 14.5 Å². The molecule has 4 heterocycles. The number of anilines is 1. The van der Waals surface area contributed by atoms with Gasteiger partial charge in [-0.3, -0.25) is 4.79 Å². The van der Waals surface area contributed by atoms with Gasteiger partial charge in [0.05, 0.1) is 35.5 Å². The first-order valence-electron chi connectivity index (χ1n) is 9.26.